The van der Waals surface area contributed by atoms with Crippen LogP contribution in [-0.2, 0) is 4.74 Å². The third-order valence-corrected chi connectivity index (χ3v) is 6.75. The second-order valence-corrected chi connectivity index (χ2v) is 12.0. The third-order valence-electron chi connectivity index (χ3n) is 5.33. The van der Waals surface area contributed by atoms with Crippen molar-refractivity contribution in [1.82, 2.24) is 19.7 Å². The van der Waals surface area contributed by atoms with E-state index < -0.39 is 36.6 Å². The summed E-state index contributed by atoms with van der Waals surface area (Å²) >= 11 is 4.61. The summed E-state index contributed by atoms with van der Waals surface area (Å²) < 4.78 is 37.6. The highest BCUT2D eigenvalue weighted by molar-refractivity contribution is 9.11. The minimum absolute atomic E-state index is 0.0475. The number of aromatic nitrogens is 3. The summed E-state index contributed by atoms with van der Waals surface area (Å²) in [6.45, 7) is 5.69. The highest BCUT2D eigenvalue weighted by Gasteiger charge is 2.42. The lowest BCUT2D eigenvalue weighted by Crippen LogP contribution is -2.44. The second-order valence-electron chi connectivity index (χ2n) is 9.56. The SMILES string of the molecule is Cc1sc(Br)nc1C(=O)Nc1cnn(C2CC2)c1N1CCN(C(=O)OC(C)(C)C)CC(F)(F)C1. The number of carbonyl (C=O) groups is 2. The first-order chi connectivity index (χ1) is 15.8. The van der Waals surface area contributed by atoms with Gasteiger partial charge in [0.1, 0.15) is 17.0 Å². The van der Waals surface area contributed by atoms with Crippen LogP contribution in [0.2, 0.25) is 0 Å². The molecule has 9 nitrogen and oxygen atoms in total. The lowest BCUT2D eigenvalue weighted by atomic mass is 10.2. The molecule has 186 valence electrons. The number of rotatable bonds is 4. The molecule has 0 atom stereocenters. The number of nitrogens with one attached hydrogen (secondary N) is 1. The molecule has 2 aliphatic rings. The summed E-state index contributed by atoms with van der Waals surface area (Å²) in [5.41, 5.74) is -0.190. The van der Waals surface area contributed by atoms with Gasteiger partial charge in [0.25, 0.3) is 11.8 Å². The molecule has 0 radical (unpaired) electrons. The van der Waals surface area contributed by atoms with Crippen LogP contribution in [0.3, 0.4) is 0 Å². The van der Waals surface area contributed by atoms with Crippen LogP contribution in [0.4, 0.5) is 25.1 Å². The van der Waals surface area contributed by atoms with Gasteiger partial charge in [0.2, 0.25) is 0 Å². The molecule has 0 bridgehead atoms. The van der Waals surface area contributed by atoms with Gasteiger partial charge in [-0.3, -0.25) is 4.79 Å². The number of halogens is 3. The number of nitrogens with zero attached hydrogens (tertiary/aromatic N) is 5. The number of hydrogen-bond acceptors (Lipinski definition) is 7. The smallest absolute Gasteiger partial charge is 0.410 e. The zero-order chi connectivity index (χ0) is 24.8. The number of carbonyl (C=O) groups excluding carboxylic acids is 2. The Labute approximate surface area is 208 Å². The van der Waals surface area contributed by atoms with Crippen molar-refractivity contribution in [1.29, 1.82) is 0 Å². The van der Waals surface area contributed by atoms with E-state index in [0.717, 1.165) is 22.6 Å². The van der Waals surface area contributed by atoms with E-state index in [1.807, 2.05) is 0 Å². The lowest BCUT2D eigenvalue weighted by molar-refractivity contribution is -0.0285. The summed E-state index contributed by atoms with van der Waals surface area (Å²) in [5, 5.41) is 7.20. The van der Waals surface area contributed by atoms with Crippen LogP contribution in [0.1, 0.15) is 55.0 Å². The molecule has 0 spiro atoms. The van der Waals surface area contributed by atoms with E-state index >= 15 is 0 Å². The predicted molar refractivity (Wildman–Crippen MR) is 128 cm³/mol. The molecule has 1 aliphatic carbocycles. The van der Waals surface area contributed by atoms with Crippen molar-refractivity contribution < 1.29 is 23.1 Å². The molecule has 2 amide bonds. The van der Waals surface area contributed by atoms with E-state index in [0.29, 0.717) is 15.4 Å². The maximum absolute atomic E-state index is 15.0. The minimum atomic E-state index is -3.19. The predicted octanol–water partition coefficient (Wildman–Crippen LogP) is 4.69. The number of ether oxygens (including phenoxy) is 1. The van der Waals surface area contributed by atoms with Crippen LogP contribution in [0.25, 0.3) is 0 Å². The van der Waals surface area contributed by atoms with Crippen molar-refractivity contribution in [2.75, 3.05) is 36.4 Å². The summed E-state index contributed by atoms with van der Waals surface area (Å²) in [6, 6.07) is 0.0923. The van der Waals surface area contributed by atoms with Crippen LogP contribution in [0.15, 0.2) is 10.1 Å². The van der Waals surface area contributed by atoms with E-state index in [1.54, 1.807) is 32.4 Å². The fraction of sp³-hybridized carbons (Fsp3) is 0.619. The first-order valence-corrected chi connectivity index (χ1v) is 12.6. The summed E-state index contributed by atoms with van der Waals surface area (Å²) in [7, 11) is 0. The average Bonchev–Trinajstić information content (AvgIpc) is 3.41. The topological polar surface area (TPSA) is 92.6 Å². The van der Waals surface area contributed by atoms with Gasteiger partial charge >= 0.3 is 6.09 Å². The van der Waals surface area contributed by atoms with Crippen molar-refractivity contribution in [3.05, 3.63) is 20.7 Å². The van der Waals surface area contributed by atoms with Crippen LogP contribution in [0.5, 0.6) is 0 Å². The van der Waals surface area contributed by atoms with Gasteiger partial charge in [-0.1, -0.05) is 0 Å². The van der Waals surface area contributed by atoms with Gasteiger partial charge < -0.3 is 19.9 Å². The molecule has 1 saturated carbocycles. The van der Waals surface area contributed by atoms with E-state index in [4.69, 9.17) is 4.74 Å². The quantitative estimate of drug-likeness (QED) is 0.583. The first kappa shape index (κ1) is 24.8. The van der Waals surface area contributed by atoms with Gasteiger partial charge in [-0.05, 0) is 56.5 Å². The zero-order valence-electron chi connectivity index (χ0n) is 19.4. The summed E-state index contributed by atoms with van der Waals surface area (Å²) in [5.74, 6) is -3.22. The lowest BCUT2D eigenvalue weighted by Gasteiger charge is -2.27. The fourth-order valence-corrected chi connectivity index (χ4v) is 5.30. The van der Waals surface area contributed by atoms with Crippen molar-refractivity contribution in [3.8, 4) is 0 Å². The fourth-order valence-electron chi connectivity index (χ4n) is 3.77. The number of alkyl halides is 2. The van der Waals surface area contributed by atoms with Crippen LogP contribution in [-0.4, -0.2) is 69.4 Å². The molecule has 0 unspecified atom stereocenters. The van der Waals surface area contributed by atoms with Crippen LogP contribution < -0.4 is 10.2 Å². The molecule has 34 heavy (non-hydrogen) atoms. The van der Waals surface area contributed by atoms with E-state index in [2.05, 4.69) is 31.3 Å². The monoisotopic (exact) mass is 560 g/mol. The molecule has 2 fully saturated rings. The molecule has 0 aromatic carbocycles. The average molecular weight is 561 g/mol. The molecule has 4 rings (SSSR count). The normalized spacial score (nSPS) is 18.6. The van der Waals surface area contributed by atoms with Gasteiger partial charge in [0.05, 0.1) is 25.3 Å². The Morgan fingerprint density at radius 1 is 1.26 bits per heavy atom. The highest BCUT2D eigenvalue weighted by Crippen LogP contribution is 2.41. The van der Waals surface area contributed by atoms with Crippen LogP contribution >= 0.6 is 27.3 Å². The minimum Gasteiger partial charge on any atom is -0.444 e. The number of anilines is 2. The summed E-state index contributed by atoms with van der Waals surface area (Å²) in [4.78, 5) is 32.9. The standard InChI is InChI=1S/C21H27BrF2N6O3S/c1-12-15(27-18(22)34-12)16(31)26-14-9-25-30(13-5-6-13)17(14)28-7-8-29(11-21(23,24)10-28)19(32)33-20(2,3)4/h9,13H,5-8,10-11H2,1-4H3,(H,26,31). The molecule has 1 N–H and O–H groups in total. The van der Waals surface area contributed by atoms with Crippen LogP contribution in [0, 0.1) is 6.92 Å². The van der Waals surface area contributed by atoms with E-state index in [-0.39, 0.29) is 24.8 Å². The Bertz CT molecular complexity index is 1090. The molecular formula is C21H27BrF2N6O3S. The maximum Gasteiger partial charge on any atom is 0.410 e. The Morgan fingerprint density at radius 3 is 2.56 bits per heavy atom. The second kappa shape index (κ2) is 9.06. The zero-order valence-corrected chi connectivity index (χ0v) is 21.8. The molecule has 1 aliphatic heterocycles. The van der Waals surface area contributed by atoms with Crippen molar-refractivity contribution in [2.45, 2.75) is 58.1 Å². The molecular weight excluding hydrogens is 534 g/mol. The Balaban J connectivity index is 1.60. The highest BCUT2D eigenvalue weighted by atomic mass is 79.9. The number of thiazole rings is 1. The van der Waals surface area contributed by atoms with Crippen molar-refractivity contribution >= 4 is 50.8 Å². The van der Waals surface area contributed by atoms with E-state index in [1.165, 1.54) is 22.4 Å². The Hall–Kier alpha value is -2.28. The van der Waals surface area contributed by atoms with Crippen molar-refractivity contribution in [3.63, 3.8) is 0 Å². The number of amides is 2. The van der Waals surface area contributed by atoms with Crippen molar-refractivity contribution in [2.24, 2.45) is 0 Å². The number of hydrogen-bond donors (Lipinski definition) is 1. The van der Waals surface area contributed by atoms with Gasteiger partial charge in [-0.2, -0.15) is 5.10 Å². The van der Waals surface area contributed by atoms with Gasteiger partial charge in [0, 0.05) is 18.0 Å². The third kappa shape index (κ3) is 5.68. The van der Waals surface area contributed by atoms with Gasteiger partial charge in [-0.25, -0.2) is 23.2 Å². The molecule has 3 heterocycles. The molecule has 2 aromatic rings. The Kier molecular flexibility index (Phi) is 6.62. The van der Waals surface area contributed by atoms with Gasteiger partial charge in [-0.15, -0.1) is 11.3 Å². The first-order valence-electron chi connectivity index (χ1n) is 11.0. The molecule has 1 saturated heterocycles. The molecule has 13 heteroatoms. The maximum atomic E-state index is 15.0. The molecule has 2 aromatic heterocycles. The number of aryl methyl sites for hydroxylation is 1. The largest absolute Gasteiger partial charge is 0.444 e. The van der Waals surface area contributed by atoms with E-state index in [9.17, 15) is 18.4 Å². The Morgan fingerprint density at radius 2 is 1.97 bits per heavy atom. The summed E-state index contributed by atoms with van der Waals surface area (Å²) in [6.07, 6.45) is 2.47. The van der Waals surface area contributed by atoms with Gasteiger partial charge in [0.15, 0.2) is 9.73 Å².